The van der Waals surface area contributed by atoms with E-state index in [1.807, 2.05) is 13.8 Å². The van der Waals surface area contributed by atoms with Gasteiger partial charge in [-0.2, -0.15) is 0 Å². The first-order valence-corrected chi connectivity index (χ1v) is 3.65. The van der Waals surface area contributed by atoms with Crippen molar-refractivity contribution in [2.75, 3.05) is 0 Å². The van der Waals surface area contributed by atoms with E-state index in [1.54, 1.807) is 13.8 Å². The third kappa shape index (κ3) is 0.663. The molecule has 0 aliphatic heterocycles. The minimum Gasteiger partial charge on any atom is -0.387 e. The molecule has 1 aliphatic rings. The van der Waals surface area contributed by atoms with Gasteiger partial charge in [-0.25, -0.2) is 0 Å². The van der Waals surface area contributed by atoms with Gasteiger partial charge in [0.15, 0.2) is 0 Å². The van der Waals surface area contributed by atoms with Crippen molar-refractivity contribution < 1.29 is 10.2 Å². The fourth-order valence-electron chi connectivity index (χ4n) is 1.83. The van der Waals surface area contributed by atoms with Crippen LogP contribution in [0.25, 0.3) is 0 Å². The van der Waals surface area contributed by atoms with Gasteiger partial charge in [0, 0.05) is 0 Å². The highest BCUT2D eigenvalue weighted by Gasteiger charge is 2.63. The average Bonchev–Trinajstić information content (AvgIpc) is 1.61. The summed E-state index contributed by atoms with van der Waals surface area (Å²) in [4.78, 5) is 0. The van der Waals surface area contributed by atoms with Crippen LogP contribution in [-0.4, -0.2) is 21.4 Å². The maximum atomic E-state index is 9.72. The van der Waals surface area contributed by atoms with Crippen LogP contribution < -0.4 is 0 Å². The molecule has 0 bridgehead atoms. The smallest absolute Gasteiger partial charge is 0.0954 e. The number of aliphatic hydroxyl groups is 2. The summed E-state index contributed by atoms with van der Waals surface area (Å²) in [5.74, 6) is 0. The van der Waals surface area contributed by atoms with Crippen LogP contribution in [0, 0.1) is 5.41 Å². The lowest BCUT2D eigenvalue weighted by Crippen LogP contribution is -2.70. The summed E-state index contributed by atoms with van der Waals surface area (Å²) in [6, 6.07) is 0. The molecule has 0 radical (unpaired) electrons. The van der Waals surface area contributed by atoms with Gasteiger partial charge in [-0.1, -0.05) is 13.8 Å². The van der Waals surface area contributed by atoms with E-state index in [1.165, 1.54) is 0 Å². The van der Waals surface area contributed by atoms with Gasteiger partial charge in [0.2, 0.25) is 0 Å². The molecule has 0 saturated heterocycles. The SMILES string of the molecule is CC1(C)CC(C)(O)C1(C)O. The van der Waals surface area contributed by atoms with Gasteiger partial charge in [-0.3, -0.25) is 0 Å². The van der Waals surface area contributed by atoms with Crippen molar-refractivity contribution in [1.29, 1.82) is 0 Å². The summed E-state index contributed by atoms with van der Waals surface area (Å²) in [7, 11) is 0. The Kier molecular flexibility index (Phi) is 1.25. The molecule has 2 unspecified atom stereocenters. The molecule has 0 aromatic heterocycles. The van der Waals surface area contributed by atoms with Gasteiger partial charge in [0.1, 0.15) is 0 Å². The van der Waals surface area contributed by atoms with Crippen LogP contribution in [0.2, 0.25) is 0 Å². The first-order chi connectivity index (χ1) is 4.21. The Balaban J connectivity index is 2.85. The Hall–Kier alpha value is -0.0800. The Morgan fingerprint density at radius 2 is 1.40 bits per heavy atom. The van der Waals surface area contributed by atoms with Crippen molar-refractivity contribution >= 4 is 0 Å². The average molecular weight is 144 g/mol. The van der Waals surface area contributed by atoms with Crippen LogP contribution in [0.3, 0.4) is 0 Å². The van der Waals surface area contributed by atoms with E-state index in [9.17, 15) is 10.2 Å². The fourth-order valence-corrected chi connectivity index (χ4v) is 1.83. The molecule has 0 heterocycles. The lowest BCUT2D eigenvalue weighted by molar-refractivity contribution is -0.279. The minimum atomic E-state index is -0.931. The van der Waals surface area contributed by atoms with Crippen molar-refractivity contribution in [3.8, 4) is 0 Å². The zero-order valence-corrected chi connectivity index (χ0v) is 7.10. The molecule has 0 spiro atoms. The zero-order chi connectivity index (χ0) is 8.21. The van der Waals surface area contributed by atoms with Crippen molar-refractivity contribution in [3.63, 3.8) is 0 Å². The van der Waals surface area contributed by atoms with Gasteiger partial charge >= 0.3 is 0 Å². The van der Waals surface area contributed by atoms with Gasteiger partial charge in [-0.05, 0) is 25.7 Å². The largest absolute Gasteiger partial charge is 0.387 e. The normalized spacial score (nSPS) is 52.2. The third-order valence-electron chi connectivity index (χ3n) is 3.15. The summed E-state index contributed by atoms with van der Waals surface area (Å²) in [6.07, 6.45) is 0.674. The quantitative estimate of drug-likeness (QED) is 0.530. The highest BCUT2D eigenvalue weighted by Crippen LogP contribution is 2.55. The summed E-state index contributed by atoms with van der Waals surface area (Å²) in [5.41, 5.74) is -1.97. The van der Waals surface area contributed by atoms with Gasteiger partial charge in [0.25, 0.3) is 0 Å². The monoisotopic (exact) mass is 144 g/mol. The summed E-state index contributed by atoms with van der Waals surface area (Å²) < 4.78 is 0. The topological polar surface area (TPSA) is 40.5 Å². The highest BCUT2D eigenvalue weighted by atomic mass is 16.4. The lowest BCUT2D eigenvalue weighted by atomic mass is 9.51. The second kappa shape index (κ2) is 1.56. The molecule has 1 aliphatic carbocycles. The third-order valence-corrected chi connectivity index (χ3v) is 3.15. The molecular formula is C8H16O2. The van der Waals surface area contributed by atoms with Crippen molar-refractivity contribution in [2.24, 2.45) is 5.41 Å². The molecule has 1 saturated carbocycles. The van der Waals surface area contributed by atoms with E-state index in [0.29, 0.717) is 6.42 Å². The first kappa shape index (κ1) is 8.02. The van der Waals surface area contributed by atoms with Crippen LogP contribution >= 0.6 is 0 Å². The second-order valence-electron chi connectivity index (χ2n) is 4.41. The minimum absolute atomic E-state index is 0.142. The Morgan fingerprint density at radius 3 is 1.40 bits per heavy atom. The van der Waals surface area contributed by atoms with Crippen LogP contribution in [0.5, 0.6) is 0 Å². The number of hydrogen-bond donors (Lipinski definition) is 2. The molecular weight excluding hydrogens is 128 g/mol. The van der Waals surface area contributed by atoms with Crippen molar-refractivity contribution in [2.45, 2.75) is 45.3 Å². The maximum absolute atomic E-state index is 9.72. The van der Waals surface area contributed by atoms with Crippen LogP contribution in [-0.2, 0) is 0 Å². The molecule has 0 amide bonds. The standard InChI is InChI=1S/C8H16O2/c1-6(2)5-7(3,9)8(6,4)10/h9-10H,5H2,1-4H3. The second-order valence-corrected chi connectivity index (χ2v) is 4.41. The number of rotatable bonds is 0. The number of hydrogen-bond acceptors (Lipinski definition) is 2. The van der Waals surface area contributed by atoms with E-state index in [2.05, 4.69) is 0 Å². The van der Waals surface area contributed by atoms with Crippen LogP contribution in [0.1, 0.15) is 34.1 Å². The Bertz CT molecular complexity index is 141. The van der Waals surface area contributed by atoms with E-state index in [0.717, 1.165) is 0 Å². The molecule has 0 aromatic carbocycles. The molecule has 2 heteroatoms. The Labute approximate surface area is 61.9 Å². The summed E-state index contributed by atoms with van der Waals surface area (Å²) in [6.45, 7) is 7.30. The van der Waals surface area contributed by atoms with Crippen LogP contribution in [0.4, 0.5) is 0 Å². The molecule has 2 N–H and O–H groups in total. The zero-order valence-electron chi connectivity index (χ0n) is 7.10. The van der Waals surface area contributed by atoms with Gasteiger partial charge in [0.05, 0.1) is 11.2 Å². The first-order valence-electron chi connectivity index (χ1n) is 3.65. The van der Waals surface area contributed by atoms with Gasteiger partial charge < -0.3 is 10.2 Å². The Morgan fingerprint density at radius 1 is 1.00 bits per heavy atom. The predicted molar refractivity (Wildman–Crippen MR) is 39.6 cm³/mol. The molecule has 10 heavy (non-hydrogen) atoms. The molecule has 2 nitrogen and oxygen atoms in total. The highest BCUT2D eigenvalue weighted by molar-refractivity contribution is 5.14. The van der Waals surface area contributed by atoms with E-state index < -0.39 is 11.2 Å². The van der Waals surface area contributed by atoms with Crippen LogP contribution in [0.15, 0.2) is 0 Å². The van der Waals surface area contributed by atoms with Crippen molar-refractivity contribution in [3.05, 3.63) is 0 Å². The summed E-state index contributed by atoms with van der Waals surface area (Å²) >= 11 is 0. The van der Waals surface area contributed by atoms with Gasteiger partial charge in [-0.15, -0.1) is 0 Å². The molecule has 0 aromatic rings. The van der Waals surface area contributed by atoms with E-state index in [-0.39, 0.29) is 5.41 Å². The lowest BCUT2D eigenvalue weighted by Gasteiger charge is -2.61. The van der Waals surface area contributed by atoms with E-state index >= 15 is 0 Å². The molecule has 60 valence electrons. The van der Waals surface area contributed by atoms with E-state index in [4.69, 9.17) is 0 Å². The maximum Gasteiger partial charge on any atom is 0.0954 e. The van der Waals surface area contributed by atoms with Crippen molar-refractivity contribution in [1.82, 2.24) is 0 Å². The molecule has 2 atom stereocenters. The fraction of sp³-hybridized carbons (Fsp3) is 1.00. The predicted octanol–water partition coefficient (Wildman–Crippen LogP) is 0.918. The summed E-state index contributed by atoms with van der Waals surface area (Å²) in [5, 5.41) is 19.2. The molecule has 1 fully saturated rings. The molecule has 1 rings (SSSR count).